The van der Waals surface area contributed by atoms with Crippen LogP contribution in [0, 0.1) is 16.9 Å². The highest BCUT2D eigenvalue weighted by Crippen LogP contribution is 2.41. The SMILES string of the molecule is N#CN1CCC2(Cc3ccc(-c4ccc(-c5ccccc5)cc4)cc3NC2=O)C1. The van der Waals surface area contributed by atoms with Gasteiger partial charge in [0.1, 0.15) is 0 Å². The standard InChI is InChI=1S/C25H21N3O/c26-17-28-13-12-25(16-28)15-22-11-10-21(14-23(22)27-24(25)29)20-8-6-19(7-9-20)18-4-2-1-3-5-18/h1-11,14H,12-13,15-16H2,(H,27,29). The molecule has 0 aromatic heterocycles. The first-order valence-corrected chi connectivity index (χ1v) is 9.92. The maximum absolute atomic E-state index is 12.8. The molecule has 3 aromatic rings. The van der Waals surface area contributed by atoms with Gasteiger partial charge in [-0.3, -0.25) is 4.79 Å². The third-order valence-electron chi connectivity index (χ3n) is 6.19. The van der Waals surface area contributed by atoms with E-state index in [0.29, 0.717) is 19.5 Å². The van der Waals surface area contributed by atoms with Crippen LogP contribution in [0.5, 0.6) is 0 Å². The van der Waals surface area contributed by atoms with E-state index in [-0.39, 0.29) is 5.91 Å². The summed E-state index contributed by atoms with van der Waals surface area (Å²) in [4.78, 5) is 14.5. The van der Waals surface area contributed by atoms with Gasteiger partial charge in [0.15, 0.2) is 6.19 Å². The van der Waals surface area contributed by atoms with Crippen LogP contribution in [0.2, 0.25) is 0 Å². The van der Waals surface area contributed by atoms with E-state index in [1.54, 1.807) is 4.90 Å². The van der Waals surface area contributed by atoms with Crippen LogP contribution >= 0.6 is 0 Å². The normalized spacial score (nSPS) is 20.2. The number of amides is 1. The molecular formula is C25H21N3O. The molecule has 4 heteroatoms. The lowest BCUT2D eigenvalue weighted by Crippen LogP contribution is -2.43. The number of benzene rings is 3. The minimum Gasteiger partial charge on any atom is -0.325 e. The number of rotatable bonds is 2. The fourth-order valence-electron chi connectivity index (χ4n) is 4.50. The van der Waals surface area contributed by atoms with Gasteiger partial charge in [-0.2, -0.15) is 5.26 Å². The van der Waals surface area contributed by atoms with E-state index >= 15 is 0 Å². The highest BCUT2D eigenvalue weighted by atomic mass is 16.2. The molecule has 3 aromatic carbocycles. The monoisotopic (exact) mass is 379 g/mol. The summed E-state index contributed by atoms with van der Waals surface area (Å²) in [6.45, 7) is 1.17. The van der Waals surface area contributed by atoms with E-state index in [2.05, 4.69) is 66.1 Å². The van der Waals surface area contributed by atoms with Crippen molar-refractivity contribution < 1.29 is 4.79 Å². The van der Waals surface area contributed by atoms with Crippen molar-refractivity contribution in [1.82, 2.24) is 4.90 Å². The van der Waals surface area contributed by atoms with Crippen LogP contribution in [-0.2, 0) is 11.2 Å². The van der Waals surface area contributed by atoms with Gasteiger partial charge in [0.2, 0.25) is 5.91 Å². The second-order valence-corrected chi connectivity index (χ2v) is 8.00. The van der Waals surface area contributed by atoms with Gasteiger partial charge in [0.05, 0.1) is 5.41 Å². The number of hydrogen-bond donors (Lipinski definition) is 1. The summed E-state index contributed by atoms with van der Waals surface area (Å²) < 4.78 is 0. The zero-order chi connectivity index (χ0) is 19.8. The molecule has 2 aliphatic heterocycles. The van der Waals surface area contributed by atoms with Crippen LogP contribution in [0.15, 0.2) is 72.8 Å². The molecule has 1 atom stereocenters. The lowest BCUT2D eigenvalue weighted by Gasteiger charge is -2.33. The molecular weight excluding hydrogens is 358 g/mol. The number of anilines is 1. The Labute approximate surface area is 170 Å². The molecule has 4 nitrogen and oxygen atoms in total. The third kappa shape index (κ3) is 3.05. The van der Waals surface area contributed by atoms with E-state index < -0.39 is 5.41 Å². The summed E-state index contributed by atoms with van der Waals surface area (Å²) >= 11 is 0. The first-order chi connectivity index (χ1) is 14.2. The van der Waals surface area contributed by atoms with Gasteiger partial charge in [-0.15, -0.1) is 0 Å². The van der Waals surface area contributed by atoms with Gasteiger partial charge in [0.25, 0.3) is 0 Å². The first kappa shape index (κ1) is 17.5. The summed E-state index contributed by atoms with van der Waals surface area (Å²) in [5.41, 5.74) is 6.16. The molecule has 0 radical (unpaired) electrons. The second-order valence-electron chi connectivity index (χ2n) is 8.00. The number of fused-ring (bicyclic) bond motifs is 1. The molecule has 1 spiro atoms. The molecule has 142 valence electrons. The van der Waals surface area contributed by atoms with E-state index in [1.807, 2.05) is 18.2 Å². The van der Waals surface area contributed by atoms with Gasteiger partial charge in [-0.1, -0.05) is 66.7 Å². The van der Waals surface area contributed by atoms with E-state index in [1.165, 1.54) is 11.1 Å². The van der Waals surface area contributed by atoms with Crippen molar-refractivity contribution in [3.8, 4) is 28.4 Å². The summed E-state index contributed by atoms with van der Waals surface area (Å²) in [6.07, 6.45) is 3.60. The fraction of sp³-hybridized carbons (Fsp3) is 0.200. The highest BCUT2D eigenvalue weighted by molar-refractivity contribution is 5.99. The number of nitrogens with zero attached hydrogens (tertiary/aromatic N) is 2. The van der Waals surface area contributed by atoms with E-state index in [4.69, 9.17) is 5.26 Å². The number of nitriles is 1. The fourth-order valence-corrected chi connectivity index (χ4v) is 4.50. The van der Waals surface area contributed by atoms with Crippen molar-refractivity contribution in [3.05, 3.63) is 78.4 Å². The van der Waals surface area contributed by atoms with Crippen molar-refractivity contribution in [2.75, 3.05) is 18.4 Å². The van der Waals surface area contributed by atoms with Crippen LogP contribution in [0.3, 0.4) is 0 Å². The minimum absolute atomic E-state index is 0.0410. The average molecular weight is 379 g/mol. The lowest BCUT2D eigenvalue weighted by atomic mass is 9.76. The Morgan fingerprint density at radius 2 is 1.55 bits per heavy atom. The predicted molar refractivity (Wildman–Crippen MR) is 114 cm³/mol. The minimum atomic E-state index is -0.471. The summed E-state index contributed by atoms with van der Waals surface area (Å²) in [5.74, 6) is 0.0410. The van der Waals surface area contributed by atoms with Crippen molar-refractivity contribution in [3.63, 3.8) is 0 Å². The third-order valence-corrected chi connectivity index (χ3v) is 6.19. The van der Waals surface area contributed by atoms with Gasteiger partial charge < -0.3 is 10.2 Å². The van der Waals surface area contributed by atoms with Gasteiger partial charge in [-0.25, -0.2) is 0 Å². The number of carbonyl (C=O) groups excluding carboxylic acids is 1. The average Bonchev–Trinajstić information content (AvgIpc) is 3.19. The Hall–Kier alpha value is -3.58. The number of hydrogen-bond acceptors (Lipinski definition) is 3. The molecule has 0 saturated carbocycles. The summed E-state index contributed by atoms with van der Waals surface area (Å²) in [7, 11) is 0. The Bertz CT molecular complexity index is 1120. The molecule has 1 N–H and O–H groups in total. The number of carbonyl (C=O) groups is 1. The van der Waals surface area contributed by atoms with Gasteiger partial charge in [0, 0.05) is 18.8 Å². The lowest BCUT2D eigenvalue weighted by molar-refractivity contribution is -0.125. The van der Waals surface area contributed by atoms with Crippen molar-refractivity contribution in [1.29, 1.82) is 5.26 Å². The molecule has 0 aliphatic carbocycles. The molecule has 1 amide bonds. The maximum atomic E-state index is 12.8. The predicted octanol–water partition coefficient (Wildman–Crippen LogP) is 4.69. The molecule has 1 saturated heterocycles. The number of nitrogens with one attached hydrogen (secondary N) is 1. The molecule has 5 rings (SSSR count). The quantitative estimate of drug-likeness (QED) is 0.657. The highest BCUT2D eigenvalue weighted by Gasteiger charge is 2.47. The number of likely N-dealkylation sites (tertiary alicyclic amines) is 1. The summed E-state index contributed by atoms with van der Waals surface area (Å²) in [6, 6.07) is 25.1. The Kier molecular flexibility index (Phi) is 4.10. The van der Waals surface area contributed by atoms with E-state index in [9.17, 15) is 4.79 Å². The van der Waals surface area contributed by atoms with Crippen LogP contribution in [-0.4, -0.2) is 23.9 Å². The van der Waals surface area contributed by atoms with Crippen LogP contribution < -0.4 is 5.32 Å². The maximum Gasteiger partial charge on any atom is 0.232 e. The molecule has 1 fully saturated rings. The molecule has 2 aliphatic rings. The zero-order valence-electron chi connectivity index (χ0n) is 16.1. The van der Waals surface area contributed by atoms with Crippen molar-refractivity contribution in [2.45, 2.75) is 12.8 Å². The Morgan fingerprint density at radius 1 is 0.897 bits per heavy atom. The van der Waals surface area contributed by atoms with Crippen LogP contribution in [0.4, 0.5) is 5.69 Å². The Morgan fingerprint density at radius 3 is 2.24 bits per heavy atom. The second kappa shape index (κ2) is 6.79. The van der Waals surface area contributed by atoms with Crippen LogP contribution in [0.1, 0.15) is 12.0 Å². The van der Waals surface area contributed by atoms with Gasteiger partial charge >= 0.3 is 0 Å². The van der Waals surface area contributed by atoms with E-state index in [0.717, 1.165) is 28.8 Å². The molecule has 29 heavy (non-hydrogen) atoms. The molecule has 1 unspecified atom stereocenters. The van der Waals surface area contributed by atoms with Crippen molar-refractivity contribution in [2.24, 2.45) is 5.41 Å². The van der Waals surface area contributed by atoms with Crippen LogP contribution in [0.25, 0.3) is 22.3 Å². The largest absolute Gasteiger partial charge is 0.325 e. The molecule has 2 heterocycles. The summed E-state index contributed by atoms with van der Waals surface area (Å²) in [5, 5.41) is 12.3. The van der Waals surface area contributed by atoms with Gasteiger partial charge in [-0.05, 0) is 46.7 Å². The van der Waals surface area contributed by atoms with Crippen molar-refractivity contribution >= 4 is 11.6 Å². The topological polar surface area (TPSA) is 56.1 Å². The zero-order valence-corrected chi connectivity index (χ0v) is 16.1. The smallest absolute Gasteiger partial charge is 0.232 e. The first-order valence-electron chi connectivity index (χ1n) is 9.92. The molecule has 0 bridgehead atoms. The Balaban J connectivity index is 1.42.